The van der Waals surface area contributed by atoms with Gasteiger partial charge in [-0.25, -0.2) is 0 Å². The number of rotatable bonds is 4. The van der Waals surface area contributed by atoms with Crippen LogP contribution in [-0.4, -0.2) is 41.2 Å². The molecule has 0 spiro atoms. The van der Waals surface area contributed by atoms with Crippen molar-refractivity contribution in [1.82, 2.24) is 4.90 Å². The molecule has 0 aliphatic carbocycles. The van der Waals surface area contributed by atoms with Gasteiger partial charge in [-0.2, -0.15) is 0 Å². The molecule has 0 saturated carbocycles. The van der Waals surface area contributed by atoms with E-state index < -0.39 is 5.60 Å². The van der Waals surface area contributed by atoms with Crippen LogP contribution < -0.4 is 0 Å². The summed E-state index contributed by atoms with van der Waals surface area (Å²) in [5, 5.41) is 18.7. The molecular formula is C13H19NO3. The van der Waals surface area contributed by atoms with Crippen molar-refractivity contribution in [3.05, 3.63) is 35.4 Å². The van der Waals surface area contributed by atoms with Gasteiger partial charge in [0.25, 0.3) is 5.91 Å². The molecule has 0 aliphatic rings. The molecule has 1 rings (SSSR count). The topological polar surface area (TPSA) is 60.8 Å². The van der Waals surface area contributed by atoms with Crippen LogP contribution in [0.1, 0.15) is 29.8 Å². The molecule has 1 aromatic rings. The highest BCUT2D eigenvalue weighted by molar-refractivity contribution is 5.94. The first-order valence-electron chi connectivity index (χ1n) is 5.55. The second-order valence-corrected chi connectivity index (χ2v) is 4.59. The third-order valence-corrected chi connectivity index (χ3v) is 2.60. The molecule has 0 unspecified atom stereocenters. The molecule has 4 nitrogen and oxygen atoms in total. The van der Waals surface area contributed by atoms with Crippen LogP contribution in [0.5, 0.6) is 0 Å². The summed E-state index contributed by atoms with van der Waals surface area (Å²) >= 11 is 0. The van der Waals surface area contributed by atoms with E-state index in [4.69, 9.17) is 5.11 Å². The number of carbonyl (C=O) groups is 1. The van der Waals surface area contributed by atoms with E-state index in [-0.39, 0.29) is 12.5 Å². The maximum atomic E-state index is 11.9. The molecule has 1 amide bonds. The Kier molecular flexibility index (Phi) is 4.26. The average Bonchev–Trinajstić information content (AvgIpc) is 2.27. The number of nitrogens with zero attached hydrogens (tertiary/aromatic N) is 1. The number of benzene rings is 1. The van der Waals surface area contributed by atoms with Crippen LogP contribution in [0.3, 0.4) is 0 Å². The van der Waals surface area contributed by atoms with Crippen LogP contribution in [0.15, 0.2) is 24.3 Å². The summed E-state index contributed by atoms with van der Waals surface area (Å²) in [6, 6.07) is 6.90. The lowest BCUT2D eigenvalue weighted by atomic mass is 9.96. The lowest BCUT2D eigenvalue weighted by Crippen LogP contribution is -2.29. The van der Waals surface area contributed by atoms with Crippen molar-refractivity contribution in [2.24, 2.45) is 0 Å². The minimum Gasteiger partial charge on any atom is -0.395 e. The highest BCUT2D eigenvalue weighted by Gasteiger charge is 2.18. The minimum absolute atomic E-state index is 0.0621. The summed E-state index contributed by atoms with van der Waals surface area (Å²) in [4.78, 5) is 13.4. The van der Waals surface area contributed by atoms with Gasteiger partial charge in [0, 0.05) is 19.2 Å². The molecule has 0 saturated heterocycles. The molecule has 0 radical (unpaired) electrons. The summed E-state index contributed by atoms with van der Waals surface area (Å²) in [6.07, 6.45) is 0. The Labute approximate surface area is 101 Å². The van der Waals surface area contributed by atoms with Crippen molar-refractivity contribution in [3.63, 3.8) is 0 Å². The van der Waals surface area contributed by atoms with E-state index in [1.54, 1.807) is 45.2 Å². The number of aliphatic hydroxyl groups is 2. The van der Waals surface area contributed by atoms with Gasteiger partial charge in [0.15, 0.2) is 0 Å². The SMILES string of the molecule is CN(CCO)C(=O)c1cccc(C(C)(C)O)c1. The van der Waals surface area contributed by atoms with Crippen LogP contribution >= 0.6 is 0 Å². The fourth-order valence-corrected chi connectivity index (χ4v) is 1.50. The first-order chi connectivity index (χ1) is 7.86. The molecule has 4 heteroatoms. The molecule has 0 aliphatic heterocycles. The molecule has 94 valence electrons. The van der Waals surface area contributed by atoms with Gasteiger partial charge in [-0.05, 0) is 31.5 Å². The van der Waals surface area contributed by atoms with Crippen LogP contribution in [0.2, 0.25) is 0 Å². The third kappa shape index (κ3) is 3.54. The maximum Gasteiger partial charge on any atom is 0.253 e. The standard InChI is InChI=1S/C13H19NO3/c1-13(2,17)11-6-4-5-10(9-11)12(16)14(3)7-8-15/h4-6,9,15,17H,7-8H2,1-3H3. The Morgan fingerprint density at radius 2 is 2.06 bits per heavy atom. The van der Waals surface area contributed by atoms with Crippen molar-refractivity contribution in [1.29, 1.82) is 0 Å². The zero-order chi connectivity index (χ0) is 13.1. The van der Waals surface area contributed by atoms with Crippen molar-refractivity contribution in [2.75, 3.05) is 20.2 Å². The molecule has 0 atom stereocenters. The summed E-state index contributed by atoms with van der Waals surface area (Å²) < 4.78 is 0. The maximum absolute atomic E-state index is 11.9. The van der Waals surface area contributed by atoms with Crippen molar-refractivity contribution >= 4 is 5.91 Å². The average molecular weight is 237 g/mol. The van der Waals surface area contributed by atoms with E-state index in [1.807, 2.05) is 0 Å². The number of hydrogen-bond acceptors (Lipinski definition) is 3. The molecule has 0 heterocycles. The molecule has 1 aromatic carbocycles. The first-order valence-corrected chi connectivity index (χ1v) is 5.55. The molecular weight excluding hydrogens is 218 g/mol. The molecule has 0 bridgehead atoms. The normalized spacial score (nSPS) is 11.4. The Morgan fingerprint density at radius 3 is 2.59 bits per heavy atom. The molecule has 17 heavy (non-hydrogen) atoms. The smallest absolute Gasteiger partial charge is 0.253 e. The van der Waals surface area contributed by atoms with Gasteiger partial charge in [-0.15, -0.1) is 0 Å². The summed E-state index contributed by atoms with van der Waals surface area (Å²) in [6.45, 7) is 3.58. The van der Waals surface area contributed by atoms with E-state index in [1.165, 1.54) is 4.90 Å². The van der Waals surface area contributed by atoms with E-state index in [2.05, 4.69) is 0 Å². The number of likely N-dealkylation sites (N-methyl/N-ethyl adjacent to an activating group) is 1. The van der Waals surface area contributed by atoms with Gasteiger partial charge in [0.2, 0.25) is 0 Å². The van der Waals surface area contributed by atoms with Crippen LogP contribution in [0, 0.1) is 0 Å². The highest BCUT2D eigenvalue weighted by atomic mass is 16.3. The second kappa shape index (κ2) is 5.29. The molecule has 0 fully saturated rings. The Hall–Kier alpha value is -1.39. The summed E-state index contributed by atoms with van der Waals surface area (Å²) in [7, 11) is 1.63. The van der Waals surface area contributed by atoms with E-state index in [0.717, 1.165) is 0 Å². The quantitative estimate of drug-likeness (QED) is 0.820. The summed E-state index contributed by atoms with van der Waals surface area (Å²) in [5.74, 6) is -0.162. The van der Waals surface area contributed by atoms with Gasteiger partial charge in [-0.1, -0.05) is 12.1 Å². The fraction of sp³-hybridized carbons (Fsp3) is 0.462. The highest BCUT2D eigenvalue weighted by Crippen LogP contribution is 2.20. The van der Waals surface area contributed by atoms with Gasteiger partial charge in [-0.3, -0.25) is 4.79 Å². The lowest BCUT2D eigenvalue weighted by Gasteiger charge is -2.20. The predicted octanol–water partition coefficient (Wildman–Crippen LogP) is 0.978. The third-order valence-electron chi connectivity index (χ3n) is 2.60. The minimum atomic E-state index is -0.966. The van der Waals surface area contributed by atoms with E-state index >= 15 is 0 Å². The van der Waals surface area contributed by atoms with Gasteiger partial charge < -0.3 is 15.1 Å². The Bertz CT molecular complexity index is 396. The van der Waals surface area contributed by atoms with Gasteiger partial charge >= 0.3 is 0 Å². The monoisotopic (exact) mass is 237 g/mol. The largest absolute Gasteiger partial charge is 0.395 e. The lowest BCUT2D eigenvalue weighted by molar-refractivity contribution is 0.0754. The zero-order valence-corrected chi connectivity index (χ0v) is 10.5. The fourth-order valence-electron chi connectivity index (χ4n) is 1.50. The van der Waals surface area contributed by atoms with E-state index in [0.29, 0.717) is 17.7 Å². The second-order valence-electron chi connectivity index (χ2n) is 4.59. The Morgan fingerprint density at radius 1 is 1.41 bits per heavy atom. The number of hydrogen-bond donors (Lipinski definition) is 2. The zero-order valence-electron chi connectivity index (χ0n) is 10.5. The molecule has 0 aromatic heterocycles. The number of carbonyl (C=O) groups excluding carboxylic acids is 1. The number of aliphatic hydroxyl groups excluding tert-OH is 1. The number of amides is 1. The van der Waals surface area contributed by atoms with Crippen molar-refractivity contribution in [2.45, 2.75) is 19.4 Å². The first kappa shape index (κ1) is 13.7. The van der Waals surface area contributed by atoms with Crippen LogP contribution in [-0.2, 0) is 5.60 Å². The molecule has 2 N–H and O–H groups in total. The van der Waals surface area contributed by atoms with Crippen molar-refractivity contribution < 1.29 is 15.0 Å². The predicted molar refractivity (Wildman–Crippen MR) is 65.7 cm³/mol. The summed E-state index contributed by atoms with van der Waals surface area (Å²) in [5.41, 5.74) is 0.243. The van der Waals surface area contributed by atoms with Crippen LogP contribution in [0.4, 0.5) is 0 Å². The van der Waals surface area contributed by atoms with Crippen molar-refractivity contribution in [3.8, 4) is 0 Å². The Balaban J connectivity index is 2.96. The van der Waals surface area contributed by atoms with Gasteiger partial charge in [0.05, 0.1) is 12.2 Å². The van der Waals surface area contributed by atoms with E-state index in [9.17, 15) is 9.90 Å². The van der Waals surface area contributed by atoms with Gasteiger partial charge in [0.1, 0.15) is 0 Å². The van der Waals surface area contributed by atoms with Crippen LogP contribution in [0.25, 0.3) is 0 Å².